The third-order valence-corrected chi connectivity index (χ3v) is 4.38. The molecule has 0 spiro atoms. The first-order chi connectivity index (χ1) is 14.0. The van der Waals surface area contributed by atoms with E-state index in [0.717, 1.165) is 12.1 Å². The number of nitrogens with one attached hydrogen (secondary N) is 3. The fourth-order valence-electron chi connectivity index (χ4n) is 2.20. The highest BCUT2D eigenvalue weighted by molar-refractivity contribution is 7.80. The molecule has 30 heavy (non-hydrogen) atoms. The van der Waals surface area contributed by atoms with E-state index in [2.05, 4.69) is 28.6 Å². The number of rotatable bonds is 12. The Morgan fingerprint density at radius 3 is 2.37 bits per heavy atom. The van der Waals surface area contributed by atoms with Crippen molar-refractivity contribution in [3.8, 4) is 0 Å². The number of carbonyl (C=O) groups excluding carboxylic acids is 2. The van der Waals surface area contributed by atoms with Crippen molar-refractivity contribution >= 4 is 59.4 Å². The molecule has 1 aromatic rings. The fourth-order valence-corrected chi connectivity index (χ4v) is 2.69. The average Bonchev–Trinajstić information content (AvgIpc) is 2.67. The summed E-state index contributed by atoms with van der Waals surface area (Å²) >= 11 is 9.85. The first-order valence-corrected chi connectivity index (χ1v) is 9.39. The molecular weight excluding hydrogens is 444 g/mol. The minimum Gasteiger partial charge on any atom is -0.480 e. The monoisotopic (exact) mass is 462 g/mol. The lowest BCUT2D eigenvalue weighted by Gasteiger charge is -2.18. The van der Waals surface area contributed by atoms with Gasteiger partial charge in [0.05, 0.1) is 15.6 Å². The summed E-state index contributed by atoms with van der Waals surface area (Å²) < 4.78 is 0. The molecule has 0 aromatic heterocycles. The number of benzene rings is 1. The Kier molecular flexibility index (Phi) is 9.84. The number of thiol groups is 1. The average molecular weight is 463 g/mol. The SMILES string of the molecule is O=C(O)CNC(=O)[C@H](CS)NC(=O)CC[C@H](Nc1ccc([N+](=O)[O-])cc1Cl)C(=O)O. The molecule has 0 aliphatic carbocycles. The standard InChI is InChI=1S/C16H19ClN4O8S/c17-9-5-8(21(28)29)1-2-10(9)19-11(16(26)27)3-4-13(22)20-12(7-30)15(25)18-6-14(23)24/h1-2,5,11-12,19,30H,3-4,6-7H2,(H,18,25)(H,20,22)(H,23,24)(H,26,27)/t11-,12-/m0/s1. The van der Waals surface area contributed by atoms with Gasteiger partial charge >= 0.3 is 11.9 Å². The highest BCUT2D eigenvalue weighted by Gasteiger charge is 2.23. The maximum atomic E-state index is 12.1. The van der Waals surface area contributed by atoms with Crippen LogP contribution in [-0.2, 0) is 19.2 Å². The maximum absolute atomic E-state index is 12.1. The quantitative estimate of drug-likeness (QED) is 0.146. The van der Waals surface area contributed by atoms with Gasteiger partial charge in [-0.2, -0.15) is 12.6 Å². The number of hydrogen-bond acceptors (Lipinski definition) is 8. The predicted molar refractivity (Wildman–Crippen MR) is 109 cm³/mol. The lowest BCUT2D eigenvalue weighted by Crippen LogP contribution is -2.49. The molecule has 5 N–H and O–H groups in total. The number of nitro benzene ring substituents is 1. The molecule has 0 saturated heterocycles. The van der Waals surface area contributed by atoms with Crippen LogP contribution >= 0.6 is 24.2 Å². The first kappa shape index (κ1) is 25.0. The normalized spacial score (nSPS) is 12.3. The van der Waals surface area contributed by atoms with Gasteiger partial charge in [-0.1, -0.05) is 11.6 Å². The Labute approximate surface area is 180 Å². The third kappa shape index (κ3) is 8.13. The molecule has 0 heterocycles. The van der Waals surface area contributed by atoms with E-state index in [0.29, 0.717) is 0 Å². The van der Waals surface area contributed by atoms with Crippen molar-refractivity contribution in [2.24, 2.45) is 0 Å². The van der Waals surface area contributed by atoms with Crippen LogP contribution in [0.3, 0.4) is 0 Å². The smallest absolute Gasteiger partial charge is 0.326 e. The van der Waals surface area contributed by atoms with E-state index in [1.165, 1.54) is 6.07 Å². The number of carbonyl (C=O) groups is 4. The summed E-state index contributed by atoms with van der Waals surface area (Å²) in [5.41, 5.74) is -0.132. The molecule has 0 bridgehead atoms. The number of aliphatic carboxylic acids is 2. The highest BCUT2D eigenvalue weighted by Crippen LogP contribution is 2.27. The number of nitrogens with zero attached hydrogens (tertiary/aromatic N) is 1. The summed E-state index contributed by atoms with van der Waals surface area (Å²) in [7, 11) is 0. The predicted octanol–water partition coefficient (Wildman–Crippen LogP) is 0.509. The van der Waals surface area contributed by atoms with Crippen LogP contribution in [0.4, 0.5) is 11.4 Å². The Bertz CT molecular complexity index is 837. The summed E-state index contributed by atoms with van der Waals surface area (Å²) in [5.74, 6) is -4.04. The van der Waals surface area contributed by atoms with Crippen LogP contribution in [0.5, 0.6) is 0 Å². The van der Waals surface area contributed by atoms with Gasteiger partial charge in [-0.15, -0.1) is 0 Å². The minimum atomic E-state index is -1.29. The summed E-state index contributed by atoms with van der Waals surface area (Å²) in [6.07, 6.45) is -0.477. The number of amides is 2. The Morgan fingerprint density at radius 2 is 1.87 bits per heavy atom. The van der Waals surface area contributed by atoms with Gasteiger partial charge in [0, 0.05) is 24.3 Å². The largest absolute Gasteiger partial charge is 0.480 e. The molecule has 2 amide bonds. The summed E-state index contributed by atoms with van der Waals surface area (Å²) in [6.45, 7) is -0.625. The Balaban J connectivity index is 2.68. The van der Waals surface area contributed by atoms with Crippen LogP contribution in [0.2, 0.25) is 5.02 Å². The van der Waals surface area contributed by atoms with E-state index < -0.39 is 47.3 Å². The minimum absolute atomic E-state index is 0.0647. The van der Waals surface area contributed by atoms with Crippen LogP contribution in [0.25, 0.3) is 0 Å². The zero-order valence-corrected chi connectivity index (χ0v) is 17.0. The fraction of sp³-hybridized carbons (Fsp3) is 0.375. The zero-order valence-electron chi connectivity index (χ0n) is 15.3. The molecule has 0 aliphatic heterocycles. The molecule has 0 fully saturated rings. The second-order valence-corrected chi connectivity index (χ2v) is 6.68. The molecule has 2 atom stereocenters. The highest BCUT2D eigenvalue weighted by atomic mass is 35.5. The van der Waals surface area contributed by atoms with Crippen molar-refractivity contribution in [1.82, 2.24) is 10.6 Å². The molecule has 0 unspecified atom stereocenters. The van der Waals surface area contributed by atoms with E-state index in [1.54, 1.807) is 0 Å². The van der Waals surface area contributed by atoms with Gasteiger partial charge in [0.25, 0.3) is 5.69 Å². The topological polar surface area (TPSA) is 188 Å². The van der Waals surface area contributed by atoms with Crippen LogP contribution in [0.1, 0.15) is 12.8 Å². The zero-order chi connectivity index (χ0) is 22.8. The second kappa shape index (κ2) is 11.8. The molecule has 164 valence electrons. The molecule has 14 heteroatoms. The molecule has 0 aliphatic rings. The molecule has 12 nitrogen and oxygen atoms in total. The Hall–Kier alpha value is -3.06. The van der Waals surface area contributed by atoms with E-state index in [1.807, 2.05) is 0 Å². The van der Waals surface area contributed by atoms with Crippen molar-refractivity contribution in [3.05, 3.63) is 33.3 Å². The number of anilines is 1. The lowest BCUT2D eigenvalue weighted by atomic mass is 10.1. The van der Waals surface area contributed by atoms with Gasteiger partial charge in [0.15, 0.2) is 0 Å². The van der Waals surface area contributed by atoms with Crippen molar-refractivity contribution in [1.29, 1.82) is 0 Å². The lowest BCUT2D eigenvalue weighted by molar-refractivity contribution is -0.384. The van der Waals surface area contributed by atoms with Gasteiger partial charge in [-0.25, -0.2) is 4.79 Å². The van der Waals surface area contributed by atoms with Gasteiger partial charge in [0.2, 0.25) is 11.8 Å². The van der Waals surface area contributed by atoms with Crippen molar-refractivity contribution in [2.45, 2.75) is 24.9 Å². The summed E-state index contributed by atoms with van der Waals surface area (Å²) in [4.78, 5) is 55.9. The number of halogens is 1. The number of carboxylic acid groups (broad SMARTS) is 2. The van der Waals surface area contributed by atoms with E-state index in [4.69, 9.17) is 16.7 Å². The number of nitro groups is 1. The second-order valence-electron chi connectivity index (χ2n) is 5.91. The van der Waals surface area contributed by atoms with Gasteiger partial charge in [0.1, 0.15) is 18.6 Å². The van der Waals surface area contributed by atoms with Gasteiger partial charge in [-0.3, -0.25) is 24.5 Å². The van der Waals surface area contributed by atoms with Crippen LogP contribution in [-0.4, -0.2) is 63.3 Å². The molecular formula is C16H19ClN4O8S. The number of hydrogen-bond donors (Lipinski definition) is 6. The number of non-ortho nitro benzene ring substituents is 1. The van der Waals surface area contributed by atoms with Crippen LogP contribution < -0.4 is 16.0 Å². The third-order valence-electron chi connectivity index (χ3n) is 3.70. The van der Waals surface area contributed by atoms with Crippen molar-refractivity contribution in [2.75, 3.05) is 17.6 Å². The van der Waals surface area contributed by atoms with Crippen molar-refractivity contribution in [3.63, 3.8) is 0 Å². The summed E-state index contributed by atoms with van der Waals surface area (Å²) in [6, 6.07) is 1.11. The van der Waals surface area contributed by atoms with E-state index >= 15 is 0 Å². The molecule has 0 saturated carbocycles. The maximum Gasteiger partial charge on any atom is 0.326 e. The first-order valence-electron chi connectivity index (χ1n) is 8.38. The van der Waals surface area contributed by atoms with Gasteiger partial charge in [-0.05, 0) is 12.5 Å². The number of carboxylic acids is 2. The van der Waals surface area contributed by atoms with E-state index in [-0.39, 0.29) is 35.0 Å². The molecule has 0 radical (unpaired) electrons. The van der Waals surface area contributed by atoms with Crippen LogP contribution in [0, 0.1) is 10.1 Å². The molecule has 1 rings (SSSR count). The van der Waals surface area contributed by atoms with Crippen molar-refractivity contribution < 1.29 is 34.3 Å². The van der Waals surface area contributed by atoms with Crippen LogP contribution in [0.15, 0.2) is 18.2 Å². The molecule has 1 aromatic carbocycles. The van der Waals surface area contributed by atoms with Gasteiger partial charge < -0.3 is 26.2 Å². The summed E-state index contributed by atoms with van der Waals surface area (Å²) in [5, 5.41) is 35.6. The van der Waals surface area contributed by atoms with E-state index in [9.17, 15) is 34.4 Å². The Morgan fingerprint density at radius 1 is 1.20 bits per heavy atom.